The highest BCUT2D eigenvalue weighted by Gasteiger charge is 2.17. The molecule has 1 heterocycles. The standard InChI is InChI=1S/C17H18N2S/c1-11-6-7-14(12(2)10-11)16(19-18)15-5-3-4-13-8-9-20-17(13)15/h3-10,16,19H,18H2,1-2H3. The third kappa shape index (κ3) is 2.24. The fraction of sp³-hybridized carbons (Fsp3) is 0.176. The normalized spacial score (nSPS) is 12.8. The molecule has 3 rings (SSSR count). The average molecular weight is 282 g/mol. The van der Waals surface area contributed by atoms with Gasteiger partial charge in [-0.15, -0.1) is 11.3 Å². The minimum Gasteiger partial charge on any atom is -0.271 e. The van der Waals surface area contributed by atoms with Crippen molar-refractivity contribution in [3.05, 3.63) is 70.1 Å². The van der Waals surface area contributed by atoms with Crippen LogP contribution in [0.3, 0.4) is 0 Å². The molecule has 0 fully saturated rings. The lowest BCUT2D eigenvalue weighted by atomic mass is 9.94. The molecule has 0 aliphatic rings. The highest BCUT2D eigenvalue weighted by atomic mass is 32.1. The van der Waals surface area contributed by atoms with E-state index >= 15 is 0 Å². The van der Waals surface area contributed by atoms with Gasteiger partial charge in [-0.2, -0.15) is 0 Å². The van der Waals surface area contributed by atoms with Gasteiger partial charge >= 0.3 is 0 Å². The molecule has 1 unspecified atom stereocenters. The number of hydrazine groups is 1. The van der Waals surface area contributed by atoms with Gasteiger partial charge in [0, 0.05) is 4.70 Å². The van der Waals surface area contributed by atoms with Crippen molar-refractivity contribution in [1.29, 1.82) is 0 Å². The fourth-order valence-electron chi connectivity index (χ4n) is 2.74. The zero-order chi connectivity index (χ0) is 14.1. The summed E-state index contributed by atoms with van der Waals surface area (Å²) in [7, 11) is 0. The van der Waals surface area contributed by atoms with Gasteiger partial charge < -0.3 is 0 Å². The van der Waals surface area contributed by atoms with Crippen LogP contribution in [0, 0.1) is 13.8 Å². The molecule has 0 bridgehead atoms. The number of rotatable bonds is 3. The van der Waals surface area contributed by atoms with E-state index in [1.165, 1.54) is 32.3 Å². The van der Waals surface area contributed by atoms with Gasteiger partial charge in [0.2, 0.25) is 0 Å². The van der Waals surface area contributed by atoms with Crippen LogP contribution in [0.4, 0.5) is 0 Å². The molecule has 0 saturated heterocycles. The van der Waals surface area contributed by atoms with Gasteiger partial charge in [-0.3, -0.25) is 5.84 Å². The van der Waals surface area contributed by atoms with Crippen molar-refractivity contribution >= 4 is 21.4 Å². The fourth-order valence-corrected chi connectivity index (χ4v) is 3.68. The topological polar surface area (TPSA) is 38.0 Å². The molecule has 1 aromatic heterocycles. The van der Waals surface area contributed by atoms with Crippen molar-refractivity contribution in [3.63, 3.8) is 0 Å². The second kappa shape index (κ2) is 5.37. The first kappa shape index (κ1) is 13.3. The lowest BCUT2D eigenvalue weighted by Crippen LogP contribution is -2.29. The van der Waals surface area contributed by atoms with Crippen LogP contribution in [0.15, 0.2) is 47.8 Å². The highest BCUT2D eigenvalue weighted by Crippen LogP contribution is 2.33. The van der Waals surface area contributed by atoms with Gasteiger partial charge in [0.15, 0.2) is 0 Å². The van der Waals surface area contributed by atoms with Crippen LogP contribution in [0.1, 0.15) is 28.3 Å². The predicted octanol–water partition coefficient (Wildman–Crippen LogP) is 4.07. The number of hydrogen-bond donors (Lipinski definition) is 2. The molecule has 2 aromatic carbocycles. The molecular formula is C17H18N2S. The summed E-state index contributed by atoms with van der Waals surface area (Å²) in [5.74, 6) is 5.86. The van der Waals surface area contributed by atoms with Gasteiger partial charge in [0.1, 0.15) is 0 Å². The molecule has 1 atom stereocenters. The van der Waals surface area contributed by atoms with Crippen molar-refractivity contribution in [3.8, 4) is 0 Å². The molecule has 0 aliphatic heterocycles. The Kier molecular flexibility index (Phi) is 3.57. The van der Waals surface area contributed by atoms with Gasteiger partial charge in [-0.05, 0) is 47.4 Å². The Morgan fingerprint density at radius 3 is 2.65 bits per heavy atom. The molecule has 0 amide bonds. The SMILES string of the molecule is Cc1ccc(C(NN)c2cccc3ccsc23)c(C)c1. The summed E-state index contributed by atoms with van der Waals surface area (Å²) in [5.41, 5.74) is 8.00. The van der Waals surface area contributed by atoms with Crippen LogP contribution in [-0.4, -0.2) is 0 Å². The number of benzene rings is 2. The maximum absolute atomic E-state index is 5.86. The number of nitrogens with two attached hydrogens (primary N) is 1. The number of hydrogen-bond acceptors (Lipinski definition) is 3. The van der Waals surface area contributed by atoms with Crippen LogP contribution in [0.5, 0.6) is 0 Å². The smallest absolute Gasteiger partial charge is 0.0726 e. The van der Waals surface area contributed by atoms with E-state index in [4.69, 9.17) is 5.84 Å². The maximum Gasteiger partial charge on any atom is 0.0726 e. The minimum atomic E-state index is 0.0259. The van der Waals surface area contributed by atoms with E-state index in [0.29, 0.717) is 0 Å². The van der Waals surface area contributed by atoms with E-state index in [2.05, 4.69) is 67.1 Å². The Bertz CT molecular complexity index is 746. The van der Waals surface area contributed by atoms with Crippen LogP contribution in [-0.2, 0) is 0 Å². The van der Waals surface area contributed by atoms with Crippen LogP contribution in [0.2, 0.25) is 0 Å². The van der Waals surface area contributed by atoms with Gasteiger partial charge in [0.25, 0.3) is 0 Å². The quantitative estimate of drug-likeness (QED) is 0.561. The molecule has 0 spiro atoms. The second-order valence-corrected chi connectivity index (χ2v) is 6.06. The molecule has 0 radical (unpaired) electrons. The van der Waals surface area contributed by atoms with E-state index in [9.17, 15) is 0 Å². The summed E-state index contributed by atoms with van der Waals surface area (Å²) < 4.78 is 1.30. The van der Waals surface area contributed by atoms with E-state index in [0.717, 1.165) is 0 Å². The zero-order valence-corrected chi connectivity index (χ0v) is 12.5. The van der Waals surface area contributed by atoms with E-state index in [1.807, 2.05) is 0 Å². The van der Waals surface area contributed by atoms with Crippen LogP contribution < -0.4 is 11.3 Å². The summed E-state index contributed by atoms with van der Waals surface area (Å²) in [6.45, 7) is 4.25. The summed E-state index contributed by atoms with van der Waals surface area (Å²) in [6, 6.07) is 15.1. The lowest BCUT2D eigenvalue weighted by molar-refractivity contribution is 0.638. The highest BCUT2D eigenvalue weighted by molar-refractivity contribution is 7.17. The molecule has 3 N–H and O–H groups in total. The van der Waals surface area contributed by atoms with Crippen molar-refractivity contribution < 1.29 is 0 Å². The van der Waals surface area contributed by atoms with Gasteiger partial charge in [0.05, 0.1) is 6.04 Å². The van der Waals surface area contributed by atoms with E-state index in [-0.39, 0.29) is 6.04 Å². The van der Waals surface area contributed by atoms with Crippen molar-refractivity contribution in [2.24, 2.45) is 5.84 Å². The molecule has 20 heavy (non-hydrogen) atoms. The number of nitrogens with one attached hydrogen (secondary N) is 1. The Morgan fingerprint density at radius 1 is 1.05 bits per heavy atom. The molecule has 0 saturated carbocycles. The largest absolute Gasteiger partial charge is 0.271 e. The Labute approximate surface area is 123 Å². The Hall–Kier alpha value is -1.68. The average Bonchev–Trinajstić information content (AvgIpc) is 2.91. The van der Waals surface area contributed by atoms with Gasteiger partial charge in [-0.1, -0.05) is 42.0 Å². The van der Waals surface area contributed by atoms with Crippen molar-refractivity contribution in [2.45, 2.75) is 19.9 Å². The van der Waals surface area contributed by atoms with Crippen molar-refractivity contribution in [2.75, 3.05) is 0 Å². The lowest BCUT2D eigenvalue weighted by Gasteiger charge is -2.20. The molecule has 3 heteroatoms. The monoisotopic (exact) mass is 282 g/mol. The summed E-state index contributed by atoms with van der Waals surface area (Å²) in [4.78, 5) is 0. The zero-order valence-electron chi connectivity index (χ0n) is 11.7. The summed E-state index contributed by atoms with van der Waals surface area (Å²) >= 11 is 1.77. The maximum atomic E-state index is 5.86. The third-order valence-electron chi connectivity index (χ3n) is 3.72. The number of thiophene rings is 1. The first-order chi connectivity index (χ1) is 9.70. The summed E-state index contributed by atoms with van der Waals surface area (Å²) in [5, 5.41) is 3.40. The number of fused-ring (bicyclic) bond motifs is 1. The minimum absolute atomic E-state index is 0.0259. The Balaban J connectivity index is 2.16. The number of aryl methyl sites for hydroxylation is 2. The molecule has 0 aliphatic carbocycles. The van der Waals surface area contributed by atoms with Crippen LogP contribution >= 0.6 is 11.3 Å². The van der Waals surface area contributed by atoms with Crippen LogP contribution in [0.25, 0.3) is 10.1 Å². The van der Waals surface area contributed by atoms with Gasteiger partial charge in [-0.25, -0.2) is 5.43 Å². The molecule has 2 nitrogen and oxygen atoms in total. The first-order valence-electron chi connectivity index (χ1n) is 6.70. The Morgan fingerprint density at radius 2 is 1.90 bits per heavy atom. The molecular weight excluding hydrogens is 264 g/mol. The second-order valence-electron chi connectivity index (χ2n) is 5.15. The first-order valence-corrected chi connectivity index (χ1v) is 7.58. The predicted molar refractivity (Wildman–Crippen MR) is 86.9 cm³/mol. The van der Waals surface area contributed by atoms with E-state index < -0.39 is 0 Å². The molecule has 3 aromatic rings. The van der Waals surface area contributed by atoms with Crippen molar-refractivity contribution in [1.82, 2.24) is 5.43 Å². The third-order valence-corrected chi connectivity index (χ3v) is 4.70. The summed E-state index contributed by atoms with van der Waals surface area (Å²) in [6.07, 6.45) is 0. The molecule has 102 valence electrons. The van der Waals surface area contributed by atoms with E-state index in [1.54, 1.807) is 11.3 Å².